The van der Waals surface area contributed by atoms with Gasteiger partial charge in [0.05, 0.1) is 5.54 Å². The van der Waals surface area contributed by atoms with Gasteiger partial charge >= 0.3 is 0 Å². The summed E-state index contributed by atoms with van der Waals surface area (Å²) in [6, 6.07) is 0. The average molecular weight is 238 g/mol. The minimum absolute atomic E-state index is 0.178. The van der Waals surface area contributed by atoms with Crippen LogP contribution in [0.5, 0.6) is 0 Å². The molecule has 0 bridgehead atoms. The van der Waals surface area contributed by atoms with Gasteiger partial charge in [-0.2, -0.15) is 0 Å². The molecular weight excluding hydrogens is 212 g/mol. The Bertz CT molecular complexity index is 305. The van der Waals surface area contributed by atoms with Crippen molar-refractivity contribution in [3.8, 4) is 0 Å². The zero-order valence-electron chi connectivity index (χ0n) is 11.5. The molecular formula is C14H26N2O. The second-order valence-electron chi connectivity index (χ2n) is 6.87. The Morgan fingerprint density at radius 3 is 2.53 bits per heavy atom. The summed E-state index contributed by atoms with van der Waals surface area (Å²) < 4.78 is 0. The maximum absolute atomic E-state index is 12.5. The quantitative estimate of drug-likeness (QED) is 0.801. The highest BCUT2D eigenvalue weighted by Crippen LogP contribution is 2.39. The number of hydrogen-bond acceptors (Lipinski definition) is 2. The predicted molar refractivity (Wildman–Crippen MR) is 69.5 cm³/mol. The first-order chi connectivity index (χ1) is 7.83. The second-order valence-corrected chi connectivity index (χ2v) is 6.87. The molecule has 1 aliphatic heterocycles. The highest BCUT2D eigenvalue weighted by Gasteiger charge is 2.46. The number of rotatable bonds is 2. The van der Waals surface area contributed by atoms with Gasteiger partial charge in [-0.25, -0.2) is 0 Å². The summed E-state index contributed by atoms with van der Waals surface area (Å²) in [5.41, 5.74) is 5.98. The summed E-state index contributed by atoms with van der Waals surface area (Å²) in [7, 11) is 0. The Kier molecular flexibility index (Phi) is 3.23. The van der Waals surface area contributed by atoms with Crippen LogP contribution in [-0.2, 0) is 4.79 Å². The number of likely N-dealkylation sites (tertiary alicyclic amines) is 1. The Morgan fingerprint density at radius 2 is 1.94 bits per heavy atom. The van der Waals surface area contributed by atoms with E-state index in [0.717, 1.165) is 38.8 Å². The van der Waals surface area contributed by atoms with Gasteiger partial charge in [-0.1, -0.05) is 13.8 Å². The summed E-state index contributed by atoms with van der Waals surface area (Å²) >= 11 is 0. The van der Waals surface area contributed by atoms with Gasteiger partial charge in [0.2, 0.25) is 5.91 Å². The van der Waals surface area contributed by atoms with Crippen molar-refractivity contribution in [3.63, 3.8) is 0 Å². The molecule has 1 unspecified atom stereocenters. The molecule has 1 saturated heterocycles. The van der Waals surface area contributed by atoms with E-state index in [1.54, 1.807) is 0 Å². The Hall–Kier alpha value is -0.570. The minimum atomic E-state index is -0.617. The molecule has 1 saturated carbocycles. The lowest BCUT2D eigenvalue weighted by molar-refractivity contribution is -0.137. The molecule has 0 aromatic rings. The fraction of sp³-hybridized carbons (Fsp3) is 0.929. The molecule has 98 valence electrons. The van der Waals surface area contributed by atoms with E-state index in [2.05, 4.69) is 13.8 Å². The van der Waals surface area contributed by atoms with Crippen molar-refractivity contribution in [1.29, 1.82) is 0 Å². The van der Waals surface area contributed by atoms with E-state index in [9.17, 15) is 4.79 Å². The third-order valence-electron chi connectivity index (χ3n) is 4.51. The third-order valence-corrected chi connectivity index (χ3v) is 4.51. The molecule has 3 heteroatoms. The van der Waals surface area contributed by atoms with Crippen LogP contribution in [0.2, 0.25) is 0 Å². The maximum Gasteiger partial charge on any atom is 0.242 e. The van der Waals surface area contributed by atoms with Gasteiger partial charge in [-0.15, -0.1) is 0 Å². The van der Waals surface area contributed by atoms with Crippen molar-refractivity contribution in [2.45, 2.75) is 58.4 Å². The molecule has 1 aliphatic carbocycles. The van der Waals surface area contributed by atoms with Crippen molar-refractivity contribution in [3.05, 3.63) is 0 Å². The highest BCUT2D eigenvalue weighted by atomic mass is 16.2. The van der Waals surface area contributed by atoms with Crippen LogP contribution < -0.4 is 5.73 Å². The van der Waals surface area contributed by atoms with E-state index >= 15 is 0 Å². The molecule has 2 rings (SSSR count). The summed E-state index contributed by atoms with van der Waals surface area (Å²) in [6.45, 7) is 8.28. The molecule has 0 radical (unpaired) electrons. The molecule has 0 spiro atoms. The van der Waals surface area contributed by atoms with Crippen LogP contribution in [0.3, 0.4) is 0 Å². The fourth-order valence-electron chi connectivity index (χ4n) is 2.82. The van der Waals surface area contributed by atoms with Crippen molar-refractivity contribution in [2.24, 2.45) is 17.1 Å². The third kappa shape index (κ3) is 2.82. The molecule has 0 aromatic carbocycles. The van der Waals surface area contributed by atoms with Gasteiger partial charge in [0.1, 0.15) is 0 Å². The number of carbonyl (C=O) groups is 1. The summed E-state index contributed by atoms with van der Waals surface area (Å²) in [5, 5.41) is 0. The first-order valence-corrected chi connectivity index (χ1v) is 6.91. The van der Waals surface area contributed by atoms with E-state index in [0.29, 0.717) is 11.3 Å². The maximum atomic E-state index is 12.5. The molecule has 1 atom stereocenters. The molecule has 17 heavy (non-hydrogen) atoms. The standard InChI is InChI=1S/C14H26N2O/c1-13(2)7-4-9-16(10-8-13)12(17)14(3,15)11-5-6-11/h11H,4-10,15H2,1-3H3. The van der Waals surface area contributed by atoms with Gasteiger partial charge < -0.3 is 10.6 Å². The van der Waals surface area contributed by atoms with Crippen LogP contribution in [0.1, 0.15) is 52.9 Å². The summed E-state index contributed by atoms with van der Waals surface area (Å²) in [4.78, 5) is 14.5. The average Bonchev–Trinajstić information content (AvgIpc) is 3.03. The van der Waals surface area contributed by atoms with Crippen molar-refractivity contribution in [1.82, 2.24) is 4.90 Å². The molecule has 2 aliphatic rings. The lowest BCUT2D eigenvalue weighted by atomic mass is 9.85. The zero-order valence-corrected chi connectivity index (χ0v) is 11.5. The number of hydrogen-bond donors (Lipinski definition) is 1. The normalized spacial score (nSPS) is 28.4. The van der Waals surface area contributed by atoms with Crippen LogP contribution in [0.25, 0.3) is 0 Å². The van der Waals surface area contributed by atoms with Gasteiger partial charge in [0, 0.05) is 13.1 Å². The van der Waals surface area contributed by atoms with Gasteiger partial charge in [-0.3, -0.25) is 4.79 Å². The van der Waals surface area contributed by atoms with Crippen LogP contribution >= 0.6 is 0 Å². The molecule has 1 amide bonds. The van der Waals surface area contributed by atoms with E-state index in [1.807, 2.05) is 11.8 Å². The van der Waals surface area contributed by atoms with E-state index in [1.165, 1.54) is 6.42 Å². The summed E-state index contributed by atoms with van der Waals surface area (Å²) in [6.07, 6.45) is 5.66. The van der Waals surface area contributed by atoms with Crippen molar-refractivity contribution in [2.75, 3.05) is 13.1 Å². The fourth-order valence-corrected chi connectivity index (χ4v) is 2.82. The van der Waals surface area contributed by atoms with E-state index in [-0.39, 0.29) is 5.91 Å². The van der Waals surface area contributed by atoms with E-state index < -0.39 is 5.54 Å². The topological polar surface area (TPSA) is 46.3 Å². The Morgan fingerprint density at radius 1 is 1.29 bits per heavy atom. The SMILES string of the molecule is CC1(C)CCCN(C(=O)C(C)(N)C2CC2)CC1. The van der Waals surface area contributed by atoms with Crippen molar-refractivity contribution >= 4 is 5.91 Å². The predicted octanol–water partition coefficient (Wildman–Crippen LogP) is 2.15. The monoisotopic (exact) mass is 238 g/mol. The molecule has 1 heterocycles. The summed E-state index contributed by atoms with van der Waals surface area (Å²) in [5.74, 6) is 0.601. The smallest absolute Gasteiger partial charge is 0.242 e. The number of amides is 1. The van der Waals surface area contributed by atoms with E-state index in [4.69, 9.17) is 5.73 Å². The Labute approximate surface area is 105 Å². The lowest BCUT2D eigenvalue weighted by Crippen LogP contribution is -2.55. The first kappa shape index (κ1) is 12.9. The largest absolute Gasteiger partial charge is 0.341 e. The van der Waals surface area contributed by atoms with Crippen LogP contribution in [-0.4, -0.2) is 29.4 Å². The number of nitrogens with zero attached hydrogens (tertiary/aromatic N) is 1. The van der Waals surface area contributed by atoms with Gasteiger partial charge in [0.15, 0.2) is 0 Å². The van der Waals surface area contributed by atoms with Crippen LogP contribution in [0, 0.1) is 11.3 Å². The van der Waals surface area contributed by atoms with Gasteiger partial charge in [0.25, 0.3) is 0 Å². The second kappa shape index (κ2) is 4.27. The zero-order chi connectivity index (χ0) is 12.7. The molecule has 0 aromatic heterocycles. The molecule has 2 fully saturated rings. The molecule has 2 N–H and O–H groups in total. The minimum Gasteiger partial charge on any atom is -0.341 e. The Balaban J connectivity index is 2.00. The molecule has 3 nitrogen and oxygen atoms in total. The van der Waals surface area contributed by atoms with Gasteiger partial charge in [-0.05, 0) is 50.4 Å². The highest BCUT2D eigenvalue weighted by molar-refractivity contribution is 5.86. The van der Waals surface area contributed by atoms with Crippen LogP contribution in [0.4, 0.5) is 0 Å². The first-order valence-electron chi connectivity index (χ1n) is 6.91. The lowest BCUT2D eigenvalue weighted by Gasteiger charge is -2.31. The number of nitrogens with two attached hydrogens (primary N) is 1. The number of carbonyl (C=O) groups excluding carboxylic acids is 1. The van der Waals surface area contributed by atoms with Crippen molar-refractivity contribution < 1.29 is 4.79 Å². The van der Waals surface area contributed by atoms with Crippen LogP contribution in [0.15, 0.2) is 0 Å².